The van der Waals surface area contributed by atoms with Gasteiger partial charge in [0.2, 0.25) is 15.0 Å². The van der Waals surface area contributed by atoms with E-state index in [2.05, 4.69) is 5.32 Å². The normalized spacial score (nSPS) is 10.9. The molecule has 0 bridgehead atoms. The van der Waals surface area contributed by atoms with Crippen LogP contribution in [0.5, 0.6) is 0 Å². The summed E-state index contributed by atoms with van der Waals surface area (Å²) in [4.78, 5) is 10.3. The molecule has 0 spiro atoms. The molecule has 4 nitrogen and oxygen atoms in total. The molecular formula is C3H6ClNO3S. The predicted octanol–water partition coefficient (Wildman–Crippen LogP) is -0.699. The van der Waals surface area contributed by atoms with Gasteiger partial charge >= 0.3 is 0 Å². The maximum atomic E-state index is 10.3. The van der Waals surface area contributed by atoms with E-state index in [0.717, 1.165) is 0 Å². The second-order valence-corrected chi connectivity index (χ2v) is 4.13. The monoisotopic (exact) mass is 171 g/mol. The smallest absolute Gasteiger partial charge is 0.241 e. The lowest BCUT2D eigenvalue weighted by atomic mass is 10.7. The summed E-state index contributed by atoms with van der Waals surface area (Å²) in [5.74, 6) is -1.27. The van der Waals surface area contributed by atoms with Crippen molar-refractivity contribution >= 4 is 25.6 Å². The molecule has 0 aliphatic heterocycles. The van der Waals surface area contributed by atoms with Crippen molar-refractivity contribution in [1.29, 1.82) is 0 Å². The van der Waals surface area contributed by atoms with Crippen LogP contribution in [0.2, 0.25) is 0 Å². The summed E-state index contributed by atoms with van der Waals surface area (Å²) in [6.07, 6.45) is 0. The molecule has 0 saturated carbocycles. The largest absolute Gasteiger partial charge is 0.358 e. The van der Waals surface area contributed by atoms with Gasteiger partial charge in [0.1, 0.15) is 5.75 Å². The van der Waals surface area contributed by atoms with E-state index < -0.39 is 20.7 Å². The molecule has 0 atom stereocenters. The van der Waals surface area contributed by atoms with Crippen LogP contribution >= 0.6 is 10.7 Å². The molecule has 54 valence electrons. The zero-order valence-electron chi connectivity index (χ0n) is 4.72. The minimum atomic E-state index is -3.68. The van der Waals surface area contributed by atoms with Crippen LogP contribution in [0.25, 0.3) is 0 Å². The van der Waals surface area contributed by atoms with Crippen LogP contribution in [0.3, 0.4) is 0 Å². The van der Waals surface area contributed by atoms with E-state index >= 15 is 0 Å². The van der Waals surface area contributed by atoms with Crippen molar-refractivity contribution in [3.8, 4) is 0 Å². The van der Waals surface area contributed by atoms with Crippen LogP contribution in [-0.4, -0.2) is 27.1 Å². The number of rotatable bonds is 2. The van der Waals surface area contributed by atoms with Crippen LogP contribution < -0.4 is 5.32 Å². The summed E-state index contributed by atoms with van der Waals surface area (Å²) < 4.78 is 20.2. The summed E-state index contributed by atoms with van der Waals surface area (Å²) in [5, 5.41) is 2.12. The molecule has 0 fully saturated rings. The number of carbonyl (C=O) groups excluding carboxylic acids is 1. The first-order valence-corrected chi connectivity index (χ1v) is 4.56. The fourth-order valence-electron chi connectivity index (χ4n) is 0.229. The quantitative estimate of drug-likeness (QED) is 0.559. The third-order valence-electron chi connectivity index (χ3n) is 0.582. The van der Waals surface area contributed by atoms with Gasteiger partial charge in [0, 0.05) is 17.7 Å². The first-order chi connectivity index (χ1) is 3.95. The van der Waals surface area contributed by atoms with Crippen molar-refractivity contribution in [2.24, 2.45) is 0 Å². The van der Waals surface area contributed by atoms with E-state index in [1.54, 1.807) is 0 Å². The van der Waals surface area contributed by atoms with Gasteiger partial charge in [-0.15, -0.1) is 0 Å². The molecule has 9 heavy (non-hydrogen) atoms. The highest BCUT2D eigenvalue weighted by molar-refractivity contribution is 8.14. The van der Waals surface area contributed by atoms with Gasteiger partial charge in [-0.2, -0.15) is 0 Å². The minimum absolute atomic E-state index is 0.606. The van der Waals surface area contributed by atoms with E-state index in [-0.39, 0.29) is 0 Å². The summed E-state index contributed by atoms with van der Waals surface area (Å²) in [6.45, 7) is 0. The standard InChI is InChI=1S/C3H6ClNO3S/c1-5-3(6)2-9(4,7)8/h2H2,1H3,(H,5,6). The lowest BCUT2D eigenvalue weighted by molar-refractivity contribution is -0.118. The van der Waals surface area contributed by atoms with E-state index in [0.29, 0.717) is 0 Å². The number of nitrogens with one attached hydrogen (secondary N) is 1. The van der Waals surface area contributed by atoms with Crippen molar-refractivity contribution in [2.45, 2.75) is 0 Å². The Bertz CT molecular complexity index is 197. The molecule has 0 aliphatic rings. The van der Waals surface area contributed by atoms with E-state index in [9.17, 15) is 13.2 Å². The first kappa shape index (κ1) is 8.71. The molecule has 0 aliphatic carbocycles. The fourth-order valence-corrected chi connectivity index (χ4v) is 0.984. The molecule has 0 aromatic rings. The third-order valence-corrected chi connectivity index (χ3v) is 1.52. The molecule has 1 N–H and O–H groups in total. The van der Waals surface area contributed by atoms with Crippen molar-refractivity contribution < 1.29 is 13.2 Å². The van der Waals surface area contributed by atoms with Gasteiger partial charge in [-0.25, -0.2) is 8.42 Å². The first-order valence-electron chi connectivity index (χ1n) is 2.08. The third kappa shape index (κ3) is 5.58. The molecule has 1 amide bonds. The highest BCUT2D eigenvalue weighted by Gasteiger charge is 2.10. The fraction of sp³-hybridized carbons (Fsp3) is 0.667. The molecule has 0 saturated heterocycles. The van der Waals surface area contributed by atoms with Crippen LogP contribution in [0.15, 0.2) is 0 Å². The van der Waals surface area contributed by atoms with Crippen molar-refractivity contribution in [1.82, 2.24) is 5.32 Å². The Morgan fingerprint density at radius 1 is 1.67 bits per heavy atom. The van der Waals surface area contributed by atoms with Gasteiger partial charge < -0.3 is 5.32 Å². The second-order valence-electron chi connectivity index (χ2n) is 1.36. The highest BCUT2D eigenvalue weighted by atomic mass is 35.7. The van der Waals surface area contributed by atoms with Gasteiger partial charge in [0.05, 0.1) is 0 Å². The van der Waals surface area contributed by atoms with Crippen molar-refractivity contribution in [3.63, 3.8) is 0 Å². The molecule has 6 heteroatoms. The lowest BCUT2D eigenvalue weighted by Crippen LogP contribution is -2.24. The summed E-state index contributed by atoms with van der Waals surface area (Å²) >= 11 is 0. The van der Waals surface area contributed by atoms with Crippen molar-refractivity contribution in [2.75, 3.05) is 12.8 Å². The van der Waals surface area contributed by atoms with E-state index in [4.69, 9.17) is 10.7 Å². The average Bonchev–Trinajstić information content (AvgIpc) is 1.62. The maximum absolute atomic E-state index is 10.3. The number of halogens is 1. The van der Waals surface area contributed by atoms with Crippen LogP contribution in [-0.2, 0) is 13.8 Å². The van der Waals surface area contributed by atoms with Crippen LogP contribution in [0.1, 0.15) is 0 Å². The number of carbonyl (C=O) groups is 1. The molecule has 0 aromatic carbocycles. The average molecular weight is 172 g/mol. The van der Waals surface area contributed by atoms with E-state index in [1.807, 2.05) is 0 Å². The second kappa shape index (κ2) is 3.03. The predicted molar refractivity (Wildman–Crippen MR) is 33.7 cm³/mol. The Morgan fingerprint density at radius 3 is 2.22 bits per heavy atom. The maximum Gasteiger partial charge on any atom is 0.241 e. The zero-order chi connectivity index (χ0) is 7.49. The van der Waals surface area contributed by atoms with Crippen molar-refractivity contribution in [3.05, 3.63) is 0 Å². The minimum Gasteiger partial charge on any atom is -0.358 e. The molecule has 0 radical (unpaired) electrons. The van der Waals surface area contributed by atoms with Gasteiger partial charge in [-0.1, -0.05) is 0 Å². The Labute approximate surface area is 57.6 Å². The zero-order valence-corrected chi connectivity index (χ0v) is 6.29. The molecule has 0 unspecified atom stereocenters. The highest BCUT2D eigenvalue weighted by Crippen LogP contribution is 1.93. The molecule has 0 aromatic heterocycles. The van der Waals surface area contributed by atoms with Gasteiger partial charge in [-0.3, -0.25) is 4.79 Å². The van der Waals surface area contributed by atoms with E-state index in [1.165, 1.54) is 7.05 Å². The molecule has 0 rings (SSSR count). The van der Waals surface area contributed by atoms with Gasteiger partial charge in [0.25, 0.3) is 0 Å². The number of hydrogen-bond donors (Lipinski definition) is 1. The lowest BCUT2D eigenvalue weighted by Gasteiger charge is -1.92. The Kier molecular flexibility index (Phi) is 2.93. The molecular weight excluding hydrogens is 166 g/mol. The van der Waals surface area contributed by atoms with Crippen LogP contribution in [0.4, 0.5) is 0 Å². The topological polar surface area (TPSA) is 63.2 Å². The molecule has 0 heterocycles. The van der Waals surface area contributed by atoms with Gasteiger partial charge in [-0.05, 0) is 0 Å². The number of hydrogen-bond acceptors (Lipinski definition) is 3. The number of amides is 1. The summed E-state index contributed by atoms with van der Waals surface area (Å²) in [6, 6.07) is 0. The van der Waals surface area contributed by atoms with Gasteiger partial charge in [0.15, 0.2) is 0 Å². The summed E-state index contributed by atoms with van der Waals surface area (Å²) in [5.41, 5.74) is 0. The van der Waals surface area contributed by atoms with Crippen LogP contribution in [0, 0.1) is 0 Å². The SMILES string of the molecule is CNC(=O)CS(=O)(=O)Cl. The Morgan fingerprint density at radius 2 is 2.11 bits per heavy atom. The summed E-state index contributed by atoms with van der Waals surface area (Å²) in [7, 11) is 2.38. The Balaban J connectivity index is 3.91. The Hall–Kier alpha value is -0.290.